The summed E-state index contributed by atoms with van der Waals surface area (Å²) in [6.45, 7) is 0. The molecule has 0 saturated carbocycles. The van der Waals surface area contributed by atoms with Gasteiger partial charge in [-0.1, -0.05) is 0 Å². The third-order valence-corrected chi connectivity index (χ3v) is 6.38. The predicted octanol–water partition coefficient (Wildman–Crippen LogP) is 1.87. The maximum absolute atomic E-state index is 12.1. The van der Waals surface area contributed by atoms with E-state index in [0.717, 1.165) is 11.3 Å². The summed E-state index contributed by atoms with van der Waals surface area (Å²) >= 11 is 7.32. The van der Waals surface area contributed by atoms with Crippen LogP contribution in [0.3, 0.4) is 0 Å². The third-order valence-electron chi connectivity index (χ3n) is 2.16. The Morgan fingerprint density at radius 3 is 2.35 bits per heavy atom. The van der Waals surface area contributed by atoms with Crippen molar-refractivity contribution in [2.45, 2.75) is 23.8 Å². The summed E-state index contributed by atoms with van der Waals surface area (Å²) in [5.74, 6) is -2.63. The molecule has 0 saturated heterocycles. The summed E-state index contributed by atoms with van der Waals surface area (Å²) in [5.41, 5.74) is 0. The fraction of sp³-hybridized carbons (Fsp3) is 0.333. The molecule has 0 spiro atoms. The number of hydrogen-bond donors (Lipinski definition) is 3. The largest absolute Gasteiger partial charge is 0.481 e. The monoisotopic (exact) mass is 449 g/mol. The molecule has 1 aromatic heterocycles. The van der Waals surface area contributed by atoms with Crippen molar-refractivity contribution in [3.8, 4) is 0 Å². The number of thiophene rings is 1. The number of rotatable bonds is 7. The zero-order valence-electron chi connectivity index (χ0n) is 9.67. The van der Waals surface area contributed by atoms with E-state index in [1.54, 1.807) is 0 Å². The van der Waals surface area contributed by atoms with E-state index in [0.29, 0.717) is 7.57 Å². The zero-order valence-corrected chi connectivity index (χ0v) is 14.5. The van der Waals surface area contributed by atoms with E-state index in [1.807, 2.05) is 4.72 Å². The first-order chi connectivity index (χ1) is 9.13. The van der Waals surface area contributed by atoms with Crippen LogP contribution < -0.4 is 4.72 Å². The van der Waals surface area contributed by atoms with Crippen LogP contribution in [0.15, 0.2) is 18.5 Å². The summed E-state index contributed by atoms with van der Waals surface area (Å²) in [6, 6.07) is -0.172. The second-order valence-electron chi connectivity index (χ2n) is 3.63. The maximum atomic E-state index is 12.1. The Bertz CT molecular complexity index is 626. The quantitative estimate of drug-likeness (QED) is 0.583. The molecule has 0 radical (unpaired) electrons. The minimum atomic E-state index is -4.05. The molecule has 0 aliphatic heterocycles. The summed E-state index contributed by atoms with van der Waals surface area (Å²) in [6.07, 6.45) is -0.791. The fourth-order valence-electron chi connectivity index (χ4n) is 1.26. The predicted molar refractivity (Wildman–Crippen MR) is 78.3 cm³/mol. The van der Waals surface area contributed by atoms with E-state index in [-0.39, 0.29) is 11.3 Å². The molecule has 1 atom stereocenters. The summed E-state index contributed by atoms with van der Waals surface area (Å²) in [4.78, 5) is 21.3. The molecular formula is C9H9Br2NO6S2. The van der Waals surface area contributed by atoms with Crippen molar-refractivity contribution in [1.82, 2.24) is 4.72 Å². The summed E-state index contributed by atoms with van der Waals surface area (Å²) in [5, 5.41) is 17.5. The fourth-order valence-corrected chi connectivity index (χ4v) is 6.30. The van der Waals surface area contributed by atoms with Crippen molar-refractivity contribution in [3.63, 3.8) is 0 Å². The first-order valence-electron chi connectivity index (χ1n) is 5.05. The van der Waals surface area contributed by atoms with E-state index in [4.69, 9.17) is 10.2 Å². The van der Waals surface area contributed by atoms with E-state index in [9.17, 15) is 18.0 Å². The van der Waals surface area contributed by atoms with Gasteiger partial charge < -0.3 is 10.2 Å². The molecular weight excluding hydrogens is 442 g/mol. The van der Waals surface area contributed by atoms with Gasteiger partial charge >= 0.3 is 11.9 Å². The second-order valence-corrected chi connectivity index (χ2v) is 9.06. The highest BCUT2D eigenvalue weighted by Crippen LogP contribution is 2.34. The van der Waals surface area contributed by atoms with Gasteiger partial charge in [-0.05, 0) is 44.3 Å². The van der Waals surface area contributed by atoms with Crippen LogP contribution in [0.4, 0.5) is 0 Å². The average molecular weight is 451 g/mol. The minimum Gasteiger partial charge on any atom is -0.481 e. The summed E-state index contributed by atoms with van der Waals surface area (Å²) < 4.78 is 27.0. The number of carboxylic acid groups (broad SMARTS) is 2. The molecule has 0 unspecified atom stereocenters. The van der Waals surface area contributed by atoms with Gasteiger partial charge in [-0.15, -0.1) is 11.3 Å². The van der Waals surface area contributed by atoms with Crippen molar-refractivity contribution in [3.05, 3.63) is 13.6 Å². The number of nitrogens with one attached hydrogen (secondary N) is 1. The van der Waals surface area contributed by atoms with Crippen LogP contribution >= 0.6 is 43.2 Å². The molecule has 0 amide bonds. The highest BCUT2D eigenvalue weighted by molar-refractivity contribution is 9.12. The molecule has 0 aliphatic carbocycles. The first-order valence-corrected chi connectivity index (χ1v) is 8.94. The zero-order chi connectivity index (χ0) is 15.5. The van der Waals surface area contributed by atoms with Crippen molar-refractivity contribution in [2.24, 2.45) is 0 Å². The molecule has 112 valence electrons. The Balaban J connectivity index is 2.94. The molecule has 1 aromatic rings. The average Bonchev–Trinajstić information content (AvgIpc) is 2.64. The molecule has 0 aliphatic rings. The van der Waals surface area contributed by atoms with E-state index in [2.05, 4.69) is 31.9 Å². The van der Waals surface area contributed by atoms with Gasteiger partial charge in [0.2, 0.25) is 10.0 Å². The lowest BCUT2D eigenvalue weighted by molar-refractivity contribution is -0.140. The van der Waals surface area contributed by atoms with Crippen molar-refractivity contribution in [2.75, 3.05) is 0 Å². The van der Waals surface area contributed by atoms with Gasteiger partial charge in [0, 0.05) is 6.42 Å². The van der Waals surface area contributed by atoms with Crippen LogP contribution in [0, 0.1) is 0 Å². The van der Waals surface area contributed by atoms with Gasteiger partial charge in [0.15, 0.2) is 0 Å². The van der Waals surface area contributed by atoms with Gasteiger partial charge in [-0.25, -0.2) is 8.42 Å². The molecule has 1 rings (SSSR count). The Morgan fingerprint density at radius 1 is 1.35 bits per heavy atom. The topological polar surface area (TPSA) is 121 Å². The van der Waals surface area contributed by atoms with Gasteiger partial charge in [0.1, 0.15) is 10.9 Å². The number of sulfonamides is 1. The minimum absolute atomic E-state index is 0.101. The molecule has 11 heteroatoms. The van der Waals surface area contributed by atoms with E-state index >= 15 is 0 Å². The normalized spacial score (nSPS) is 13.1. The third kappa shape index (κ3) is 4.81. The van der Waals surface area contributed by atoms with Gasteiger partial charge in [0.25, 0.3) is 0 Å². The van der Waals surface area contributed by atoms with Crippen LogP contribution in [0.5, 0.6) is 0 Å². The van der Waals surface area contributed by atoms with Gasteiger partial charge in [-0.2, -0.15) is 4.72 Å². The Hall–Kier alpha value is -0.490. The SMILES string of the molecule is O=C(O)CC[C@H](NS(=O)(=O)c1cc(Br)sc1Br)C(=O)O. The number of hydrogen-bond acceptors (Lipinski definition) is 5. The molecule has 20 heavy (non-hydrogen) atoms. The molecule has 1 heterocycles. The molecule has 0 fully saturated rings. The van der Waals surface area contributed by atoms with Crippen LogP contribution in [0.1, 0.15) is 12.8 Å². The van der Waals surface area contributed by atoms with Crippen LogP contribution in [0.2, 0.25) is 0 Å². The number of carbonyl (C=O) groups is 2. The lowest BCUT2D eigenvalue weighted by Gasteiger charge is -2.13. The Labute approximate surface area is 135 Å². The second kappa shape index (κ2) is 6.98. The van der Waals surface area contributed by atoms with Crippen LogP contribution in [-0.4, -0.2) is 36.6 Å². The Morgan fingerprint density at radius 2 is 1.95 bits per heavy atom. The van der Waals surface area contributed by atoms with Crippen molar-refractivity contribution < 1.29 is 28.2 Å². The first kappa shape index (κ1) is 17.6. The lowest BCUT2D eigenvalue weighted by Crippen LogP contribution is -2.41. The van der Waals surface area contributed by atoms with Gasteiger partial charge in [-0.3, -0.25) is 9.59 Å². The van der Waals surface area contributed by atoms with Gasteiger partial charge in [0.05, 0.1) is 7.57 Å². The number of aliphatic carboxylic acids is 2. The maximum Gasteiger partial charge on any atom is 0.321 e. The highest BCUT2D eigenvalue weighted by atomic mass is 79.9. The van der Waals surface area contributed by atoms with E-state index < -0.39 is 34.4 Å². The summed E-state index contributed by atoms with van der Waals surface area (Å²) in [7, 11) is -4.05. The number of halogens is 2. The lowest BCUT2D eigenvalue weighted by atomic mass is 10.2. The molecule has 0 bridgehead atoms. The van der Waals surface area contributed by atoms with Crippen LogP contribution in [0.25, 0.3) is 0 Å². The standard InChI is InChI=1S/C9H9Br2NO6S2/c10-6-3-5(8(11)19-6)20(17,18)12-4(9(15)16)1-2-7(13)14/h3-4,12H,1-2H2,(H,13,14)(H,15,16)/t4-/m0/s1. The molecule has 7 nitrogen and oxygen atoms in total. The molecule has 3 N–H and O–H groups in total. The smallest absolute Gasteiger partial charge is 0.321 e. The molecule has 0 aromatic carbocycles. The number of carboxylic acids is 2. The van der Waals surface area contributed by atoms with Crippen molar-refractivity contribution in [1.29, 1.82) is 0 Å². The Kier molecular flexibility index (Phi) is 6.13. The van der Waals surface area contributed by atoms with Crippen molar-refractivity contribution >= 4 is 65.2 Å². The van der Waals surface area contributed by atoms with Crippen LogP contribution in [-0.2, 0) is 19.6 Å². The highest BCUT2D eigenvalue weighted by Gasteiger charge is 2.28. The van der Waals surface area contributed by atoms with E-state index in [1.165, 1.54) is 6.07 Å².